The van der Waals surface area contributed by atoms with Crippen molar-refractivity contribution in [3.8, 4) is 5.75 Å². The van der Waals surface area contributed by atoms with E-state index in [1.54, 1.807) is 53.9 Å². The van der Waals surface area contributed by atoms with Crippen LogP contribution < -0.4 is 4.74 Å². The molecule has 0 aliphatic carbocycles. The van der Waals surface area contributed by atoms with Crippen molar-refractivity contribution in [2.45, 2.75) is 52.1 Å². The van der Waals surface area contributed by atoms with Crippen LogP contribution >= 0.6 is 0 Å². The maximum absolute atomic E-state index is 13.4. The maximum Gasteiger partial charge on any atom is 0.341 e. The van der Waals surface area contributed by atoms with Gasteiger partial charge in [-0.1, -0.05) is 0 Å². The Morgan fingerprint density at radius 1 is 1.18 bits per heavy atom. The molecule has 0 atom stereocenters. The van der Waals surface area contributed by atoms with Crippen molar-refractivity contribution in [2.24, 2.45) is 0 Å². The van der Waals surface area contributed by atoms with Crippen molar-refractivity contribution in [1.82, 2.24) is 4.31 Å². The number of aryl methyl sites for hydroxylation is 2. The van der Waals surface area contributed by atoms with Gasteiger partial charge in [-0.25, -0.2) is 13.2 Å². The third-order valence-electron chi connectivity index (χ3n) is 4.29. The summed E-state index contributed by atoms with van der Waals surface area (Å²) in [6.45, 7) is 9.04. The molecule has 0 bridgehead atoms. The van der Waals surface area contributed by atoms with Gasteiger partial charge in [0.15, 0.2) is 0 Å². The molecular formula is C20H27NO6S. The van der Waals surface area contributed by atoms with Crippen LogP contribution in [0.15, 0.2) is 33.8 Å². The Hall–Kier alpha value is -2.32. The largest absolute Gasteiger partial charge is 0.497 e. The SMILES string of the molecule is CCOC(=O)c1coc(CN(C(C)C)S(=O)(=O)c2c(C)cc(OC)cc2C)c1. The van der Waals surface area contributed by atoms with Crippen LogP contribution in [0.1, 0.15) is 48.0 Å². The number of rotatable bonds is 8. The Labute approximate surface area is 166 Å². The molecule has 0 fully saturated rings. The summed E-state index contributed by atoms with van der Waals surface area (Å²) in [4.78, 5) is 12.1. The van der Waals surface area contributed by atoms with Crippen molar-refractivity contribution < 1.29 is 27.1 Å². The second kappa shape index (κ2) is 8.79. The fraction of sp³-hybridized carbons (Fsp3) is 0.450. The fourth-order valence-corrected chi connectivity index (χ4v) is 5.05. The molecule has 0 N–H and O–H groups in total. The number of sulfonamides is 1. The molecule has 0 spiro atoms. The quantitative estimate of drug-likeness (QED) is 0.618. The number of carbonyl (C=O) groups excluding carboxylic acids is 1. The molecule has 1 heterocycles. The third-order valence-corrected chi connectivity index (χ3v) is 6.62. The molecule has 0 unspecified atom stereocenters. The first kappa shape index (κ1) is 22.0. The molecule has 0 saturated carbocycles. The Bertz CT molecular complexity index is 922. The molecule has 2 aromatic rings. The fourth-order valence-electron chi connectivity index (χ4n) is 3.04. The van der Waals surface area contributed by atoms with Gasteiger partial charge in [-0.15, -0.1) is 0 Å². The Morgan fingerprint density at radius 3 is 2.29 bits per heavy atom. The third kappa shape index (κ3) is 4.56. The molecule has 28 heavy (non-hydrogen) atoms. The second-order valence-electron chi connectivity index (χ2n) is 6.76. The zero-order chi connectivity index (χ0) is 21.1. The maximum atomic E-state index is 13.4. The van der Waals surface area contributed by atoms with Gasteiger partial charge in [-0.05, 0) is 63.9 Å². The lowest BCUT2D eigenvalue weighted by Crippen LogP contribution is -2.37. The van der Waals surface area contributed by atoms with Gasteiger partial charge < -0.3 is 13.9 Å². The Kier molecular flexibility index (Phi) is 6.90. The molecule has 7 nitrogen and oxygen atoms in total. The summed E-state index contributed by atoms with van der Waals surface area (Å²) in [5.41, 5.74) is 1.47. The number of carbonyl (C=O) groups is 1. The normalized spacial score (nSPS) is 11.9. The van der Waals surface area contributed by atoms with Crippen LogP contribution in [0, 0.1) is 13.8 Å². The van der Waals surface area contributed by atoms with Gasteiger partial charge in [-0.2, -0.15) is 4.31 Å². The van der Waals surface area contributed by atoms with Crippen LogP contribution in [0.2, 0.25) is 0 Å². The molecule has 8 heteroatoms. The first-order valence-corrected chi connectivity index (χ1v) is 10.5. The lowest BCUT2D eigenvalue weighted by atomic mass is 10.1. The highest BCUT2D eigenvalue weighted by Gasteiger charge is 2.31. The standard InChI is InChI=1S/C20H27NO6S/c1-7-26-20(22)16-10-18(27-12-16)11-21(13(2)3)28(23,24)19-14(4)8-17(25-6)9-15(19)5/h8-10,12-13H,7,11H2,1-6H3. The van der Waals surface area contributed by atoms with Crippen molar-refractivity contribution in [3.63, 3.8) is 0 Å². The van der Waals surface area contributed by atoms with Crippen LogP contribution in [-0.2, 0) is 21.3 Å². The summed E-state index contributed by atoms with van der Waals surface area (Å²) in [5, 5.41) is 0. The van der Waals surface area contributed by atoms with Crippen molar-refractivity contribution >= 4 is 16.0 Å². The van der Waals surface area contributed by atoms with E-state index in [2.05, 4.69) is 0 Å². The highest BCUT2D eigenvalue weighted by atomic mass is 32.2. The topological polar surface area (TPSA) is 86.0 Å². The van der Waals surface area contributed by atoms with Crippen LogP contribution in [-0.4, -0.2) is 38.5 Å². The van der Waals surface area contributed by atoms with E-state index in [-0.39, 0.29) is 29.7 Å². The predicted octanol–water partition coefficient (Wildman–Crippen LogP) is 3.68. The van der Waals surface area contributed by atoms with Gasteiger partial charge in [0.2, 0.25) is 10.0 Å². The summed E-state index contributed by atoms with van der Waals surface area (Å²) < 4.78 is 43.8. The number of esters is 1. The first-order chi connectivity index (χ1) is 13.1. The number of ether oxygens (including phenoxy) is 2. The van der Waals surface area contributed by atoms with E-state index < -0.39 is 16.0 Å². The van der Waals surface area contributed by atoms with Gasteiger partial charge in [0.05, 0.1) is 30.7 Å². The number of benzene rings is 1. The molecular weight excluding hydrogens is 382 g/mol. The average Bonchev–Trinajstić information content (AvgIpc) is 3.07. The van der Waals surface area contributed by atoms with E-state index >= 15 is 0 Å². The molecule has 0 aliphatic rings. The monoisotopic (exact) mass is 409 g/mol. The minimum atomic E-state index is -3.80. The van der Waals surface area contributed by atoms with E-state index in [0.717, 1.165) is 0 Å². The van der Waals surface area contributed by atoms with Crippen molar-refractivity contribution in [3.05, 3.63) is 46.9 Å². The number of nitrogens with zero attached hydrogens (tertiary/aromatic N) is 1. The number of hydrogen-bond donors (Lipinski definition) is 0. The summed E-state index contributed by atoms with van der Waals surface area (Å²) in [7, 11) is -2.26. The Balaban J connectivity index is 2.40. The van der Waals surface area contributed by atoms with E-state index in [4.69, 9.17) is 13.9 Å². The summed E-state index contributed by atoms with van der Waals surface area (Å²) in [6.07, 6.45) is 1.28. The van der Waals surface area contributed by atoms with E-state index in [1.165, 1.54) is 16.6 Å². The zero-order valence-electron chi connectivity index (χ0n) is 17.1. The lowest BCUT2D eigenvalue weighted by molar-refractivity contribution is 0.0525. The molecule has 0 aliphatic heterocycles. The molecule has 154 valence electrons. The summed E-state index contributed by atoms with van der Waals surface area (Å²) in [5.74, 6) is 0.470. The van der Waals surface area contributed by atoms with Gasteiger partial charge in [0, 0.05) is 6.04 Å². The van der Waals surface area contributed by atoms with Crippen LogP contribution in [0.3, 0.4) is 0 Å². The highest BCUT2D eigenvalue weighted by molar-refractivity contribution is 7.89. The van der Waals surface area contributed by atoms with E-state index in [0.29, 0.717) is 22.6 Å². The number of methoxy groups -OCH3 is 1. The number of hydrogen-bond acceptors (Lipinski definition) is 6. The zero-order valence-corrected chi connectivity index (χ0v) is 17.9. The van der Waals surface area contributed by atoms with Gasteiger partial charge in [0.25, 0.3) is 0 Å². The molecule has 2 rings (SSSR count). The highest BCUT2D eigenvalue weighted by Crippen LogP contribution is 2.30. The summed E-state index contributed by atoms with van der Waals surface area (Å²) in [6, 6.07) is 4.59. The first-order valence-electron chi connectivity index (χ1n) is 9.03. The van der Waals surface area contributed by atoms with E-state index in [9.17, 15) is 13.2 Å². The smallest absolute Gasteiger partial charge is 0.341 e. The van der Waals surface area contributed by atoms with Crippen molar-refractivity contribution in [1.29, 1.82) is 0 Å². The number of furan rings is 1. The van der Waals surface area contributed by atoms with Gasteiger partial charge >= 0.3 is 5.97 Å². The van der Waals surface area contributed by atoms with Gasteiger partial charge in [-0.3, -0.25) is 0 Å². The molecule has 1 aromatic heterocycles. The molecule has 0 amide bonds. The van der Waals surface area contributed by atoms with Gasteiger partial charge in [0.1, 0.15) is 17.8 Å². The molecule has 0 saturated heterocycles. The van der Waals surface area contributed by atoms with Crippen LogP contribution in [0.5, 0.6) is 5.75 Å². The second-order valence-corrected chi connectivity index (χ2v) is 8.58. The Morgan fingerprint density at radius 2 is 1.79 bits per heavy atom. The predicted molar refractivity (Wildman–Crippen MR) is 105 cm³/mol. The molecule has 1 aromatic carbocycles. The van der Waals surface area contributed by atoms with E-state index in [1.807, 2.05) is 0 Å². The minimum absolute atomic E-state index is 0.00428. The van der Waals surface area contributed by atoms with Crippen molar-refractivity contribution in [2.75, 3.05) is 13.7 Å². The van der Waals surface area contributed by atoms with Crippen LogP contribution in [0.4, 0.5) is 0 Å². The lowest BCUT2D eigenvalue weighted by Gasteiger charge is -2.27. The summed E-state index contributed by atoms with van der Waals surface area (Å²) >= 11 is 0. The van der Waals surface area contributed by atoms with Crippen LogP contribution in [0.25, 0.3) is 0 Å². The minimum Gasteiger partial charge on any atom is -0.497 e. The molecule has 0 radical (unpaired) electrons. The average molecular weight is 410 g/mol.